The van der Waals surface area contributed by atoms with Gasteiger partial charge in [0.25, 0.3) is 0 Å². The van der Waals surface area contributed by atoms with Crippen molar-refractivity contribution in [3.8, 4) is 5.75 Å². The number of aryl methyl sites for hydroxylation is 1. The van der Waals surface area contributed by atoms with Crippen molar-refractivity contribution >= 4 is 11.4 Å². The summed E-state index contributed by atoms with van der Waals surface area (Å²) in [5.41, 5.74) is 5.26. The fraction of sp³-hybridized carbons (Fsp3) is 0.227. The number of rotatable bonds is 7. The van der Waals surface area contributed by atoms with Crippen molar-refractivity contribution in [3.63, 3.8) is 0 Å². The highest BCUT2D eigenvalue weighted by molar-refractivity contribution is 6.04. The normalized spacial score (nSPS) is 11.7. The third-order valence-corrected chi connectivity index (χ3v) is 3.83. The molecule has 0 saturated carbocycles. The third kappa shape index (κ3) is 4.69. The second kappa shape index (κ2) is 8.88. The summed E-state index contributed by atoms with van der Waals surface area (Å²) in [7, 11) is 0. The summed E-state index contributed by atoms with van der Waals surface area (Å²) in [6.07, 6.45) is 4.82. The van der Waals surface area contributed by atoms with Crippen molar-refractivity contribution in [1.29, 1.82) is 0 Å². The number of hydrogen-bond acceptors (Lipinski definition) is 2. The van der Waals surface area contributed by atoms with E-state index in [1.807, 2.05) is 55.5 Å². The summed E-state index contributed by atoms with van der Waals surface area (Å²) in [5, 5.41) is 0. The molecule has 0 fully saturated rings. The van der Waals surface area contributed by atoms with Crippen molar-refractivity contribution in [2.45, 2.75) is 27.2 Å². The molecule has 0 heterocycles. The molecule has 0 aliphatic carbocycles. The van der Waals surface area contributed by atoms with E-state index in [2.05, 4.69) is 32.6 Å². The molecule has 0 atom stereocenters. The van der Waals surface area contributed by atoms with E-state index in [1.54, 1.807) is 0 Å². The Labute approximate surface area is 145 Å². The average Bonchev–Trinajstić information content (AvgIpc) is 2.61. The van der Waals surface area contributed by atoms with E-state index in [4.69, 9.17) is 9.73 Å². The molecular formula is C22H25NO. The minimum absolute atomic E-state index is 0.586. The van der Waals surface area contributed by atoms with Crippen LogP contribution < -0.4 is 4.74 Å². The molecule has 0 amide bonds. The maximum atomic E-state index is 5.62. The molecule has 0 aromatic heterocycles. The lowest BCUT2D eigenvalue weighted by atomic mass is 10.0. The van der Waals surface area contributed by atoms with Crippen LogP contribution in [0.4, 0.5) is 0 Å². The Morgan fingerprint density at radius 2 is 1.83 bits per heavy atom. The van der Waals surface area contributed by atoms with Gasteiger partial charge in [0.2, 0.25) is 0 Å². The Bertz CT molecular complexity index is 739. The van der Waals surface area contributed by atoms with E-state index < -0.39 is 0 Å². The fourth-order valence-corrected chi connectivity index (χ4v) is 2.44. The van der Waals surface area contributed by atoms with Gasteiger partial charge in [-0.3, -0.25) is 4.99 Å². The molecule has 2 aromatic rings. The Kier molecular flexibility index (Phi) is 6.56. The summed E-state index contributed by atoms with van der Waals surface area (Å²) in [6.45, 7) is 10.9. The molecule has 0 aliphatic rings. The molecule has 2 nitrogen and oxygen atoms in total. The van der Waals surface area contributed by atoms with Gasteiger partial charge in [-0.15, -0.1) is 0 Å². The van der Waals surface area contributed by atoms with Crippen molar-refractivity contribution in [3.05, 3.63) is 84.0 Å². The average molecular weight is 319 g/mol. The predicted molar refractivity (Wildman–Crippen MR) is 104 cm³/mol. The highest BCUT2D eigenvalue weighted by Gasteiger charge is 2.06. The number of benzene rings is 2. The van der Waals surface area contributed by atoms with Gasteiger partial charge in [0.05, 0.1) is 5.70 Å². The molecule has 124 valence electrons. The van der Waals surface area contributed by atoms with Crippen molar-refractivity contribution in [1.82, 2.24) is 0 Å². The van der Waals surface area contributed by atoms with Crippen LogP contribution in [-0.2, 0) is 0 Å². The molecule has 0 unspecified atom stereocenters. The summed E-state index contributed by atoms with van der Waals surface area (Å²) < 4.78 is 5.62. The molecule has 0 aliphatic heterocycles. The zero-order valence-electron chi connectivity index (χ0n) is 14.8. The zero-order valence-corrected chi connectivity index (χ0v) is 14.8. The lowest BCUT2D eigenvalue weighted by Gasteiger charge is -2.10. The standard InChI is InChI=1S/C22H25NO/c1-5-7-16-24-20-14-12-19(13-15-20)18(4)23-22(6-2)21-11-9-8-10-17(21)3/h5,7-15H,4,6,16H2,1-3H3/b7-5+,23-22?. The number of hydrogen-bond donors (Lipinski definition) is 0. The van der Waals surface area contributed by atoms with Crippen LogP contribution in [0, 0.1) is 6.92 Å². The van der Waals surface area contributed by atoms with Crippen LogP contribution >= 0.6 is 0 Å². The first-order chi connectivity index (χ1) is 11.7. The van der Waals surface area contributed by atoms with E-state index in [-0.39, 0.29) is 0 Å². The fourth-order valence-electron chi connectivity index (χ4n) is 2.44. The molecule has 24 heavy (non-hydrogen) atoms. The van der Waals surface area contributed by atoms with Crippen LogP contribution in [0.15, 0.2) is 72.3 Å². The highest BCUT2D eigenvalue weighted by atomic mass is 16.5. The molecule has 2 rings (SSSR count). The van der Waals surface area contributed by atoms with Crippen LogP contribution in [0.25, 0.3) is 5.70 Å². The summed E-state index contributed by atoms with van der Waals surface area (Å²) in [6, 6.07) is 16.2. The van der Waals surface area contributed by atoms with Gasteiger partial charge in [-0.05, 0) is 61.2 Å². The topological polar surface area (TPSA) is 21.6 Å². The van der Waals surface area contributed by atoms with E-state index in [9.17, 15) is 0 Å². The first kappa shape index (κ1) is 17.7. The minimum Gasteiger partial charge on any atom is -0.490 e. The van der Waals surface area contributed by atoms with Gasteiger partial charge in [-0.2, -0.15) is 0 Å². The van der Waals surface area contributed by atoms with Gasteiger partial charge in [0.15, 0.2) is 0 Å². The van der Waals surface area contributed by atoms with Crippen LogP contribution in [0.3, 0.4) is 0 Å². The van der Waals surface area contributed by atoms with Gasteiger partial charge < -0.3 is 4.74 Å². The largest absolute Gasteiger partial charge is 0.490 e. The molecule has 2 aromatic carbocycles. The number of ether oxygens (including phenoxy) is 1. The van der Waals surface area contributed by atoms with E-state index in [1.165, 1.54) is 11.1 Å². The molecule has 0 radical (unpaired) electrons. The van der Waals surface area contributed by atoms with Gasteiger partial charge >= 0.3 is 0 Å². The van der Waals surface area contributed by atoms with Gasteiger partial charge in [0, 0.05) is 5.71 Å². The Morgan fingerprint density at radius 1 is 1.12 bits per heavy atom. The van der Waals surface area contributed by atoms with Crippen molar-refractivity contribution < 1.29 is 4.74 Å². The molecule has 2 heteroatoms. The van der Waals surface area contributed by atoms with Gasteiger partial charge in [-0.25, -0.2) is 0 Å². The lowest BCUT2D eigenvalue weighted by Crippen LogP contribution is -2.02. The van der Waals surface area contributed by atoms with Crippen LogP contribution in [0.1, 0.15) is 37.0 Å². The highest BCUT2D eigenvalue weighted by Crippen LogP contribution is 2.21. The smallest absolute Gasteiger partial charge is 0.119 e. The van der Waals surface area contributed by atoms with E-state index in [0.29, 0.717) is 6.61 Å². The molecule has 0 N–H and O–H groups in total. The monoisotopic (exact) mass is 319 g/mol. The summed E-state index contributed by atoms with van der Waals surface area (Å²) in [5.74, 6) is 0.850. The molecule has 0 spiro atoms. The number of nitrogens with zero attached hydrogens (tertiary/aromatic N) is 1. The number of aliphatic imine (C=N–C) groups is 1. The first-order valence-corrected chi connectivity index (χ1v) is 8.32. The van der Waals surface area contributed by atoms with Gasteiger partial charge in [-0.1, -0.05) is 49.9 Å². The maximum Gasteiger partial charge on any atom is 0.119 e. The summed E-state index contributed by atoms with van der Waals surface area (Å²) >= 11 is 0. The van der Waals surface area contributed by atoms with Crippen molar-refractivity contribution in [2.24, 2.45) is 4.99 Å². The predicted octanol–water partition coefficient (Wildman–Crippen LogP) is 5.82. The van der Waals surface area contributed by atoms with Crippen LogP contribution in [0.2, 0.25) is 0 Å². The molecule has 0 saturated heterocycles. The first-order valence-electron chi connectivity index (χ1n) is 8.32. The zero-order chi connectivity index (χ0) is 17.4. The van der Waals surface area contributed by atoms with Crippen LogP contribution in [-0.4, -0.2) is 12.3 Å². The Morgan fingerprint density at radius 3 is 2.46 bits per heavy atom. The second-order valence-electron chi connectivity index (χ2n) is 5.58. The lowest BCUT2D eigenvalue weighted by molar-refractivity contribution is 0.362. The Hall–Kier alpha value is -2.61. The summed E-state index contributed by atoms with van der Waals surface area (Å²) in [4.78, 5) is 4.77. The van der Waals surface area contributed by atoms with Crippen LogP contribution in [0.5, 0.6) is 5.75 Å². The maximum absolute atomic E-state index is 5.62. The van der Waals surface area contributed by atoms with E-state index >= 15 is 0 Å². The quantitative estimate of drug-likeness (QED) is 0.465. The second-order valence-corrected chi connectivity index (χ2v) is 5.58. The third-order valence-electron chi connectivity index (χ3n) is 3.83. The minimum atomic E-state index is 0.586. The SMILES string of the molecule is C=C(N=C(CC)c1ccccc1C)c1ccc(OC/C=C/C)cc1. The van der Waals surface area contributed by atoms with E-state index in [0.717, 1.165) is 29.1 Å². The van der Waals surface area contributed by atoms with Crippen molar-refractivity contribution in [2.75, 3.05) is 6.61 Å². The molecular weight excluding hydrogens is 294 g/mol. The Balaban J connectivity index is 2.16. The van der Waals surface area contributed by atoms with Gasteiger partial charge in [0.1, 0.15) is 12.4 Å². The number of allylic oxidation sites excluding steroid dienone is 1. The molecule has 0 bridgehead atoms.